The lowest BCUT2D eigenvalue weighted by molar-refractivity contribution is -0.123. The molecule has 0 aliphatic carbocycles. The third-order valence-corrected chi connectivity index (χ3v) is 6.67. The Kier molecular flexibility index (Phi) is 9.41. The number of amides is 2. The van der Waals surface area contributed by atoms with Gasteiger partial charge in [0.25, 0.3) is 5.88 Å². The highest BCUT2D eigenvalue weighted by Gasteiger charge is 2.24. The number of hydrogen-bond donors (Lipinski definition) is 3. The summed E-state index contributed by atoms with van der Waals surface area (Å²) in [6, 6.07) is 7.04. The molecule has 5 rings (SSSR count). The molecule has 3 heterocycles. The third-order valence-electron chi connectivity index (χ3n) is 6.67. The second-order valence-corrected chi connectivity index (χ2v) is 11.6. The normalized spacial score (nSPS) is 13.9. The highest BCUT2D eigenvalue weighted by Crippen LogP contribution is 2.34. The van der Waals surface area contributed by atoms with Gasteiger partial charge in [0, 0.05) is 48.8 Å². The van der Waals surface area contributed by atoms with Crippen LogP contribution in [0, 0.1) is 11.6 Å². The standard InChI is InChI=1S/C31H33F3N8O4/c1-31(2,3)39-28(44)16-42-15-22(34)30(40-42)46-19-7-8-23(21(33)10-19)38-29-20-11-25(26(45-4)12-24(20)35-17-36-29)37-27(43)6-5-9-41-13-18(32)14-41/h5-8,10-12,15,17-18H,9,13-14,16H2,1-4H3,(H,37,43)(H,39,44)(H,35,36,38)/b6-5+. The number of ether oxygens (including phenoxy) is 2. The number of carbonyl (C=O) groups excluding carboxylic acids is 2. The van der Waals surface area contributed by atoms with Crippen molar-refractivity contribution in [3.63, 3.8) is 0 Å². The minimum atomic E-state index is -0.824. The van der Waals surface area contributed by atoms with Gasteiger partial charge in [-0.15, -0.1) is 5.10 Å². The maximum atomic E-state index is 15.2. The van der Waals surface area contributed by atoms with E-state index in [1.165, 1.54) is 31.6 Å². The van der Waals surface area contributed by atoms with Crippen LogP contribution < -0.4 is 25.4 Å². The van der Waals surface area contributed by atoms with Crippen LogP contribution in [0.15, 0.2) is 55.0 Å². The third kappa shape index (κ3) is 8.10. The highest BCUT2D eigenvalue weighted by molar-refractivity contribution is 6.03. The van der Waals surface area contributed by atoms with Gasteiger partial charge in [-0.3, -0.25) is 19.2 Å². The van der Waals surface area contributed by atoms with Gasteiger partial charge in [0.1, 0.15) is 42.2 Å². The molecule has 1 fully saturated rings. The predicted molar refractivity (Wildman–Crippen MR) is 165 cm³/mol. The molecule has 0 spiro atoms. The van der Waals surface area contributed by atoms with E-state index in [2.05, 4.69) is 31.0 Å². The summed E-state index contributed by atoms with van der Waals surface area (Å²) in [5.74, 6) is -2.19. The number of carbonyl (C=O) groups is 2. The Morgan fingerprint density at radius 1 is 1.09 bits per heavy atom. The van der Waals surface area contributed by atoms with Gasteiger partial charge < -0.3 is 25.4 Å². The zero-order chi connectivity index (χ0) is 33.0. The largest absolute Gasteiger partial charge is 0.494 e. The van der Waals surface area contributed by atoms with Gasteiger partial charge in [-0.25, -0.2) is 18.7 Å². The monoisotopic (exact) mass is 638 g/mol. The Morgan fingerprint density at radius 3 is 2.57 bits per heavy atom. The molecule has 1 aliphatic rings. The SMILES string of the molecule is COc1cc2ncnc(Nc3ccc(Oc4nn(CC(=O)NC(C)(C)C)cc4F)cc3F)c2cc1NC(=O)/C=C/CN1CC(F)C1. The van der Waals surface area contributed by atoms with Gasteiger partial charge in [0.2, 0.25) is 17.6 Å². The molecule has 242 valence electrons. The summed E-state index contributed by atoms with van der Waals surface area (Å²) in [6.45, 7) is 6.38. The molecule has 12 nitrogen and oxygen atoms in total. The van der Waals surface area contributed by atoms with Crippen molar-refractivity contribution in [2.24, 2.45) is 0 Å². The van der Waals surface area contributed by atoms with E-state index in [1.807, 2.05) is 25.7 Å². The number of rotatable bonds is 11. The summed E-state index contributed by atoms with van der Waals surface area (Å²) in [7, 11) is 1.45. The average molecular weight is 639 g/mol. The van der Waals surface area contributed by atoms with Crippen LogP contribution in [0.25, 0.3) is 10.9 Å². The van der Waals surface area contributed by atoms with E-state index in [0.29, 0.717) is 42.0 Å². The molecule has 3 N–H and O–H groups in total. The Morgan fingerprint density at radius 2 is 1.87 bits per heavy atom. The van der Waals surface area contributed by atoms with E-state index < -0.39 is 35.1 Å². The van der Waals surface area contributed by atoms with Crippen molar-refractivity contribution < 1.29 is 32.2 Å². The molecule has 1 aliphatic heterocycles. The minimum absolute atomic E-state index is 0.0275. The average Bonchev–Trinajstić information content (AvgIpc) is 3.29. The van der Waals surface area contributed by atoms with Crippen LogP contribution in [0.4, 0.5) is 30.4 Å². The summed E-state index contributed by atoms with van der Waals surface area (Å²) in [6.07, 6.45) is 4.48. The van der Waals surface area contributed by atoms with Gasteiger partial charge in [-0.1, -0.05) is 6.08 Å². The number of benzene rings is 2. The topological polar surface area (TPSA) is 136 Å². The van der Waals surface area contributed by atoms with Gasteiger partial charge in [-0.05, 0) is 39.0 Å². The van der Waals surface area contributed by atoms with E-state index in [-0.39, 0.29) is 29.7 Å². The summed E-state index contributed by atoms with van der Waals surface area (Å²) in [5.41, 5.74) is 0.358. The Hall–Kier alpha value is -5.18. The predicted octanol–water partition coefficient (Wildman–Crippen LogP) is 4.71. The molecule has 1 saturated heterocycles. The molecular formula is C31H33F3N8O4. The molecule has 2 amide bonds. The van der Waals surface area contributed by atoms with Gasteiger partial charge in [-0.2, -0.15) is 4.39 Å². The molecule has 46 heavy (non-hydrogen) atoms. The molecule has 0 atom stereocenters. The summed E-state index contributed by atoms with van der Waals surface area (Å²) < 4.78 is 54.6. The molecule has 0 radical (unpaired) electrons. The van der Waals surface area contributed by atoms with Crippen LogP contribution in [0.1, 0.15) is 20.8 Å². The molecule has 2 aromatic carbocycles. The fourth-order valence-corrected chi connectivity index (χ4v) is 4.62. The fraction of sp³-hybridized carbons (Fsp3) is 0.323. The minimum Gasteiger partial charge on any atom is -0.494 e. The second kappa shape index (κ2) is 13.4. The van der Waals surface area contributed by atoms with Crippen LogP contribution in [0.2, 0.25) is 0 Å². The lowest BCUT2D eigenvalue weighted by Gasteiger charge is -2.33. The maximum absolute atomic E-state index is 15.2. The number of fused-ring (bicyclic) bond motifs is 1. The van der Waals surface area contributed by atoms with Crippen molar-refractivity contribution in [2.45, 2.75) is 39.0 Å². The van der Waals surface area contributed by atoms with Crippen molar-refractivity contribution >= 4 is 39.9 Å². The number of aromatic nitrogens is 4. The van der Waals surface area contributed by atoms with Crippen LogP contribution in [-0.4, -0.2) is 74.9 Å². The first-order valence-corrected chi connectivity index (χ1v) is 14.3. The zero-order valence-electron chi connectivity index (χ0n) is 25.6. The Bertz CT molecular complexity index is 1780. The van der Waals surface area contributed by atoms with Crippen LogP contribution >= 0.6 is 0 Å². The lowest BCUT2D eigenvalue weighted by Crippen LogP contribution is -2.48. The quantitative estimate of drug-likeness (QED) is 0.200. The fourth-order valence-electron chi connectivity index (χ4n) is 4.62. The maximum Gasteiger partial charge on any atom is 0.274 e. The molecular weight excluding hydrogens is 605 g/mol. The number of nitrogens with zero attached hydrogens (tertiary/aromatic N) is 5. The molecule has 0 bridgehead atoms. The molecule has 4 aromatic rings. The number of methoxy groups -OCH3 is 1. The van der Waals surface area contributed by atoms with E-state index in [4.69, 9.17) is 9.47 Å². The number of halogens is 3. The first-order valence-electron chi connectivity index (χ1n) is 14.3. The van der Waals surface area contributed by atoms with Crippen molar-refractivity contribution in [3.05, 3.63) is 66.6 Å². The molecule has 15 heteroatoms. The Balaban J connectivity index is 1.29. The number of alkyl halides is 1. The summed E-state index contributed by atoms with van der Waals surface area (Å²) in [4.78, 5) is 35.1. The number of hydrogen-bond acceptors (Lipinski definition) is 9. The first kappa shape index (κ1) is 32.2. The van der Waals surface area contributed by atoms with Crippen molar-refractivity contribution in [1.29, 1.82) is 0 Å². The highest BCUT2D eigenvalue weighted by atomic mass is 19.1. The van der Waals surface area contributed by atoms with Crippen molar-refractivity contribution in [1.82, 2.24) is 30.0 Å². The van der Waals surface area contributed by atoms with Gasteiger partial charge in [0.05, 0.1) is 30.2 Å². The van der Waals surface area contributed by atoms with Crippen LogP contribution in [0.5, 0.6) is 17.4 Å². The van der Waals surface area contributed by atoms with E-state index in [0.717, 1.165) is 16.9 Å². The van der Waals surface area contributed by atoms with Gasteiger partial charge in [0.15, 0.2) is 0 Å². The first-order chi connectivity index (χ1) is 21.9. The van der Waals surface area contributed by atoms with Crippen LogP contribution in [-0.2, 0) is 16.1 Å². The molecule has 0 saturated carbocycles. The summed E-state index contributed by atoms with van der Waals surface area (Å²) in [5, 5.41) is 12.8. The van der Waals surface area contributed by atoms with Crippen LogP contribution in [0.3, 0.4) is 0 Å². The Labute approximate surface area is 262 Å². The van der Waals surface area contributed by atoms with E-state index in [1.54, 1.807) is 18.2 Å². The molecule has 2 aromatic heterocycles. The van der Waals surface area contributed by atoms with E-state index in [9.17, 15) is 18.4 Å². The molecule has 0 unspecified atom stereocenters. The number of nitrogens with one attached hydrogen (secondary N) is 3. The van der Waals surface area contributed by atoms with Gasteiger partial charge >= 0.3 is 0 Å². The number of anilines is 3. The second-order valence-electron chi connectivity index (χ2n) is 11.6. The van der Waals surface area contributed by atoms with E-state index >= 15 is 4.39 Å². The lowest BCUT2D eigenvalue weighted by atomic mass is 10.1. The van der Waals surface area contributed by atoms with Crippen molar-refractivity contribution in [3.8, 4) is 17.4 Å². The zero-order valence-corrected chi connectivity index (χ0v) is 25.6. The smallest absolute Gasteiger partial charge is 0.274 e. The summed E-state index contributed by atoms with van der Waals surface area (Å²) >= 11 is 0. The number of likely N-dealkylation sites (tertiary alicyclic amines) is 1. The van der Waals surface area contributed by atoms with Crippen molar-refractivity contribution in [2.75, 3.05) is 37.4 Å².